The Balaban J connectivity index is 1.58. The van der Waals surface area contributed by atoms with Crippen molar-refractivity contribution in [2.24, 2.45) is 0 Å². The van der Waals surface area contributed by atoms with Crippen molar-refractivity contribution in [3.63, 3.8) is 0 Å². The fourth-order valence-electron chi connectivity index (χ4n) is 5.67. The normalized spacial score (nSPS) is 14.1. The van der Waals surface area contributed by atoms with E-state index in [1.54, 1.807) is 18.2 Å². The predicted molar refractivity (Wildman–Crippen MR) is 186 cm³/mol. The number of nitrogens with zero attached hydrogens (tertiary/aromatic N) is 2. The molecule has 1 aliphatic carbocycles. The highest BCUT2D eigenvalue weighted by atomic mass is 79.9. The summed E-state index contributed by atoms with van der Waals surface area (Å²) < 4.78 is 30.1. The third-order valence-electron chi connectivity index (χ3n) is 8.00. The average Bonchev–Trinajstić information content (AvgIpc) is 3.56. The number of amides is 2. The average molecular weight is 744 g/mol. The Morgan fingerprint density at radius 3 is 2.15 bits per heavy atom. The van der Waals surface area contributed by atoms with E-state index in [4.69, 9.17) is 23.2 Å². The van der Waals surface area contributed by atoms with E-state index in [1.165, 1.54) is 35.2 Å². The molecule has 1 aliphatic rings. The van der Waals surface area contributed by atoms with Gasteiger partial charge in [0.05, 0.1) is 15.6 Å². The van der Waals surface area contributed by atoms with Gasteiger partial charge in [-0.3, -0.25) is 13.9 Å². The maximum atomic E-state index is 14.6. The largest absolute Gasteiger partial charge is 0.352 e. The second kappa shape index (κ2) is 15.5. The van der Waals surface area contributed by atoms with Crippen LogP contribution < -0.4 is 9.62 Å². The van der Waals surface area contributed by atoms with Gasteiger partial charge in [-0.05, 0) is 66.4 Å². The lowest BCUT2D eigenvalue weighted by molar-refractivity contribution is -0.140. The first-order valence-corrected chi connectivity index (χ1v) is 18.0. The number of hydrogen-bond donors (Lipinski definition) is 1. The smallest absolute Gasteiger partial charge is 0.264 e. The lowest BCUT2D eigenvalue weighted by Gasteiger charge is -2.34. The first-order valence-electron chi connectivity index (χ1n) is 15.0. The maximum absolute atomic E-state index is 14.6. The molecule has 0 bridgehead atoms. The number of nitrogens with one attached hydrogen (secondary N) is 1. The fraction of sp³-hybridized carbons (Fsp3) is 0.257. The molecule has 0 radical (unpaired) electrons. The minimum absolute atomic E-state index is 0.00725. The van der Waals surface area contributed by atoms with Crippen LogP contribution in [0.5, 0.6) is 0 Å². The third-order valence-corrected chi connectivity index (χ3v) is 10.8. The standard InChI is InChI=1S/C35H34BrCl2N3O4S/c36-27-13-9-12-26(20-27)23-40(33(21-25-10-3-1-4-11-25)35(43)39-29-14-7-8-15-29)34(42)24-41(32-19-18-28(37)22-31(32)38)46(44,45)30-16-5-2-6-17-30/h1-6,9-13,16-20,22,29,33H,7-8,14-15,21,23-24H2,(H,39,43)/t33-/m0/s1. The third kappa shape index (κ3) is 8.50. The number of anilines is 1. The molecule has 0 spiro atoms. The Hall–Kier alpha value is -3.37. The maximum Gasteiger partial charge on any atom is 0.264 e. The Kier molecular flexibility index (Phi) is 11.4. The highest BCUT2D eigenvalue weighted by Gasteiger charge is 2.36. The summed E-state index contributed by atoms with van der Waals surface area (Å²) in [4.78, 5) is 30.2. The van der Waals surface area contributed by atoms with Crippen molar-refractivity contribution in [1.82, 2.24) is 10.2 Å². The van der Waals surface area contributed by atoms with Crippen LogP contribution in [-0.4, -0.2) is 43.8 Å². The number of hydrogen-bond acceptors (Lipinski definition) is 4. The minimum atomic E-state index is -4.27. The molecular formula is C35H34BrCl2N3O4S. The van der Waals surface area contributed by atoms with Crippen molar-refractivity contribution in [1.29, 1.82) is 0 Å². The van der Waals surface area contributed by atoms with Crippen LogP contribution in [0.4, 0.5) is 5.69 Å². The molecule has 0 aliphatic heterocycles. The van der Waals surface area contributed by atoms with Crippen molar-refractivity contribution < 1.29 is 18.0 Å². The molecule has 46 heavy (non-hydrogen) atoms. The van der Waals surface area contributed by atoms with E-state index in [-0.39, 0.29) is 40.5 Å². The van der Waals surface area contributed by atoms with Crippen LogP contribution in [0.1, 0.15) is 36.8 Å². The Morgan fingerprint density at radius 2 is 1.50 bits per heavy atom. The van der Waals surface area contributed by atoms with Crippen molar-refractivity contribution in [2.75, 3.05) is 10.8 Å². The number of carbonyl (C=O) groups excluding carboxylic acids is 2. The van der Waals surface area contributed by atoms with E-state index < -0.39 is 28.5 Å². The summed E-state index contributed by atoms with van der Waals surface area (Å²) in [5.74, 6) is -0.839. The summed E-state index contributed by atoms with van der Waals surface area (Å²) in [5, 5.41) is 3.57. The summed E-state index contributed by atoms with van der Waals surface area (Å²) in [7, 11) is -4.27. The summed E-state index contributed by atoms with van der Waals surface area (Å²) in [6, 6.07) is 28.4. The van der Waals surface area contributed by atoms with Crippen molar-refractivity contribution in [3.05, 3.63) is 129 Å². The molecule has 7 nitrogen and oxygen atoms in total. The van der Waals surface area contributed by atoms with Gasteiger partial charge in [0.25, 0.3) is 10.0 Å². The molecule has 4 aromatic carbocycles. The molecule has 1 fully saturated rings. The van der Waals surface area contributed by atoms with E-state index in [1.807, 2.05) is 54.6 Å². The zero-order valence-corrected chi connectivity index (χ0v) is 28.9. The molecular weight excluding hydrogens is 709 g/mol. The van der Waals surface area contributed by atoms with Crippen molar-refractivity contribution in [2.45, 2.75) is 55.6 Å². The summed E-state index contributed by atoms with van der Waals surface area (Å²) in [6.07, 6.45) is 4.06. The van der Waals surface area contributed by atoms with Gasteiger partial charge in [-0.2, -0.15) is 0 Å². The van der Waals surface area contributed by atoms with Gasteiger partial charge < -0.3 is 10.2 Å². The second-order valence-corrected chi connectivity index (χ2v) is 14.9. The molecule has 1 N–H and O–H groups in total. The van der Waals surface area contributed by atoms with E-state index in [9.17, 15) is 18.0 Å². The Morgan fingerprint density at radius 1 is 0.848 bits per heavy atom. The van der Waals surface area contributed by atoms with E-state index in [0.717, 1.165) is 45.6 Å². The Bertz CT molecular complexity index is 1770. The molecule has 11 heteroatoms. The van der Waals surface area contributed by atoms with Crippen LogP contribution in [0.3, 0.4) is 0 Å². The number of halogens is 3. The zero-order chi connectivity index (χ0) is 32.7. The molecule has 0 unspecified atom stereocenters. The molecule has 0 aromatic heterocycles. The Labute approximate surface area is 288 Å². The van der Waals surface area contributed by atoms with Gasteiger partial charge in [0.15, 0.2) is 0 Å². The van der Waals surface area contributed by atoms with E-state index in [2.05, 4.69) is 21.2 Å². The second-order valence-electron chi connectivity index (χ2n) is 11.3. The van der Waals surface area contributed by atoms with Crippen molar-refractivity contribution in [3.8, 4) is 0 Å². The van der Waals surface area contributed by atoms with Gasteiger partial charge in [-0.25, -0.2) is 8.42 Å². The summed E-state index contributed by atoms with van der Waals surface area (Å²) >= 11 is 16.2. The quantitative estimate of drug-likeness (QED) is 0.162. The van der Waals surface area contributed by atoms with Crippen LogP contribution in [0.25, 0.3) is 0 Å². The molecule has 4 aromatic rings. The minimum Gasteiger partial charge on any atom is -0.352 e. The monoisotopic (exact) mass is 741 g/mol. The van der Waals surface area contributed by atoms with Gasteiger partial charge in [-0.15, -0.1) is 0 Å². The number of sulfonamides is 1. The number of benzene rings is 4. The molecule has 2 amide bonds. The van der Waals surface area contributed by atoms with Crippen LogP contribution >= 0.6 is 39.1 Å². The SMILES string of the molecule is O=C(NC1CCCC1)[C@H](Cc1ccccc1)N(Cc1cccc(Br)c1)C(=O)CN(c1ccc(Cl)cc1Cl)S(=O)(=O)c1ccccc1. The van der Waals surface area contributed by atoms with Gasteiger partial charge in [0.2, 0.25) is 11.8 Å². The predicted octanol–water partition coefficient (Wildman–Crippen LogP) is 7.65. The van der Waals surface area contributed by atoms with Gasteiger partial charge in [0, 0.05) is 28.5 Å². The molecule has 1 atom stereocenters. The van der Waals surface area contributed by atoms with Crippen molar-refractivity contribution >= 4 is 66.7 Å². The number of carbonyl (C=O) groups is 2. The molecule has 0 saturated heterocycles. The fourth-order valence-corrected chi connectivity index (χ4v) is 8.13. The lowest BCUT2D eigenvalue weighted by Crippen LogP contribution is -2.54. The van der Waals surface area contributed by atoms with Crippen LogP contribution in [0, 0.1) is 0 Å². The first-order chi connectivity index (χ1) is 22.1. The highest BCUT2D eigenvalue weighted by Crippen LogP contribution is 2.33. The van der Waals surface area contributed by atoms with Gasteiger partial charge in [-0.1, -0.05) is 113 Å². The molecule has 1 saturated carbocycles. The topological polar surface area (TPSA) is 86.8 Å². The van der Waals surface area contributed by atoms with Gasteiger partial charge in [0.1, 0.15) is 12.6 Å². The van der Waals surface area contributed by atoms with E-state index >= 15 is 0 Å². The highest BCUT2D eigenvalue weighted by molar-refractivity contribution is 9.10. The molecule has 240 valence electrons. The van der Waals surface area contributed by atoms with Crippen LogP contribution in [-0.2, 0) is 32.6 Å². The van der Waals surface area contributed by atoms with Crippen LogP contribution in [0.15, 0.2) is 112 Å². The zero-order valence-electron chi connectivity index (χ0n) is 25.0. The summed E-state index contributed by atoms with van der Waals surface area (Å²) in [5.41, 5.74) is 1.74. The van der Waals surface area contributed by atoms with E-state index in [0.29, 0.717) is 5.02 Å². The summed E-state index contributed by atoms with van der Waals surface area (Å²) in [6.45, 7) is -0.532. The lowest BCUT2D eigenvalue weighted by atomic mass is 10.0. The van der Waals surface area contributed by atoms with Crippen LogP contribution in [0.2, 0.25) is 10.0 Å². The molecule has 5 rings (SSSR count). The first kappa shape index (κ1) is 34.0. The number of rotatable bonds is 12. The van der Waals surface area contributed by atoms with Gasteiger partial charge >= 0.3 is 0 Å². The molecule has 0 heterocycles.